The van der Waals surface area contributed by atoms with Crippen molar-refractivity contribution in [1.29, 1.82) is 0 Å². The Bertz CT molecular complexity index is 582. The Morgan fingerprint density at radius 2 is 2.24 bits per heavy atom. The van der Waals surface area contributed by atoms with Crippen LogP contribution in [-0.2, 0) is 0 Å². The van der Waals surface area contributed by atoms with E-state index in [1.54, 1.807) is 12.3 Å². The molecule has 0 saturated carbocycles. The van der Waals surface area contributed by atoms with E-state index in [0.29, 0.717) is 5.02 Å². The summed E-state index contributed by atoms with van der Waals surface area (Å²) in [6.45, 7) is 0.906. The molecule has 0 aliphatic heterocycles. The van der Waals surface area contributed by atoms with Gasteiger partial charge in [-0.15, -0.1) is 0 Å². The number of benzene rings is 1. The fraction of sp³-hybridized carbons (Fsp3) is 0.214. The minimum absolute atomic E-state index is 0.717. The number of rotatable bonds is 2. The first-order valence-corrected chi connectivity index (χ1v) is 5.87. The Morgan fingerprint density at radius 1 is 1.35 bits per heavy atom. The highest BCUT2D eigenvalue weighted by Crippen LogP contribution is 2.22. The lowest BCUT2D eigenvalue weighted by molar-refractivity contribution is 0.818. The molecule has 86 valence electrons. The van der Waals surface area contributed by atoms with Crippen LogP contribution in [0.15, 0.2) is 30.5 Å². The van der Waals surface area contributed by atoms with Gasteiger partial charge in [-0.3, -0.25) is 4.98 Å². The van der Waals surface area contributed by atoms with Crippen LogP contribution < -0.4 is 5.32 Å². The average Bonchev–Trinajstić information content (AvgIpc) is 2.36. The first kappa shape index (κ1) is 11.9. The molecule has 3 heteroatoms. The number of aromatic nitrogens is 1. The van der Waals surface area contributed by atoms with Crippen molar-refractivity contribution in [3.8, 4) is 11.8 Å². The van der Waals surface area contributed by atoms with E-state index in [9.17, 15) is 0 Å². The molecule has 0 bridgehead atoms. The number of fused-ring (bicyclic) bond motifs is 1. The summed E-state index contributed by atoms with van der Waals surface area (Å²) >= 11 is 6.11. The van der Waals surface area contributed by atoms with E-state index in [2.05, 4.69) is 22.1 Å². The number of hydrogen-bond acceptors (Lipinski definition) is 2. The molecule has 0 atom stereocenters. The first-order valence-electron chi connectivity index (χ1n) is 5.49. The van der Waals surface area contributed by atoms with Crippen LogP contribution in [0.5, 0.6) is 0 Å². The van der Waals surface area contributed by atoms with Gasteiger partial charge in [-0.25, -0.2) is 0 Å². The first-order chi connectivity index (χ1) is 8.31. The number of nitrogens with zero attached hydrogens (tertiary/aromatic N) is 1. The van der Waals surface area contributed by atoms with Gasteiger partial charge < -0.3 is 5.32 Å². The number of pyridine rings is 1. The van der Waals surface area contributed by atoms with Gasteiger partial charge in [0.1, 0.15) is 0 Å². The van der Waals surface area contributed by atoms with Crippen molar-refractivity contribution in [3.63, 3.8) is 0 Å². The molecule has 0 saturated heterocycles. The van der Waals surface area contributed by atoms with E-state index in [0.717, 1.165) is 29.4 Å². The lowest BCUT2D eigenvalue weighted by atomic mass is 10.1. The summed E-state index contributed by atoms with van der Waals surface area (Å²) in [5.41, 5.74) is 1.88. The van der Waals surface area contributed by atoms with Crippen LogP contribution in [0.1, 0.15) is 12.0 Å². The highest BCUT2D eigenvalue weighted by atomic mass is 35.5. The normalized spacial score (nSPS) is 10.0. The maximum absolute atomic E-state index is 6.11. The molecule has 1 aromatic carbocycles. The van der Waals surface area contributed by atoms with Gasteiger partial charge in [-0.1, -0.05) is 23.4 Å². The van der Waals surface area contributed by atoms with E-state index < -0.39 is 0 Å². The zero-order chi connectivity index (χ0) is 12.1. The maximum atomic E-state index is 6.11. The molecule has 1 N–H and O–H groups in total. The third-order valence-corrected chi connectivity index (χ3v) is 2.75. The molecule has 0 radical (unpaired) electrons. The molecule has 0 aliphatic carbocycles. The van der Waals surface area contributed by atoms with Crippen LogP contribution in [-0.4, -0.2) is 18.6 Å². The van der Waals surface area contributed by atoms with Crippen LogP contribution in [0, 0.1) is 11.8 Å². The van der Waals surface area contributed by atoms with Crippen molar-refractivity contribution < 1.29 is 0 Å². The Balaban J connectivity index is 2.30. The Kier molecular flexibility index (Phi) is 3.98. The minimum atomic E-state index is 0.717. The van der Waals surface area contributed by atoms with E-state index >= 15 is 0 Å². The second-order valence-electron chi connectivity index (χ2n) is 3.68. The van der Waals surface area contributed by atoms with Crippen molar-refractivity contribution in [1.82, 2.24) is 10.3 Å². The van der Waals surface area contributed by atoms with Gasteiger partial charge in [0.15, 0.2) is 0 Å². The summed E-state index contributed by atoms with van der Waals surface area (Å²) in [7, 11) is 1.92. The lowest BCUT2D eigenvalue weighted by Gasteiger charge is -1.99. The van der Waals surface area contributed by atoms with Gasteiger partial charge in [0.25, 0.3) is 0 Å². The molecule has 2 nitrogen and oxygen atoms in total. The SMILES string of the molecule is CNCCC#Cc1ccc2nccc(Cl)c2c1. The molecule has 0 amide bonds. The Labute approximate surface area is 106 Å². The van der Waals surface area contributed by atoms with Crippen molar-refractivity contribution in [2.24, 2.45) is 0 Å². The van der Waals surface area contributed by atoms with E-state index in [4.69, 9.17) is 11.6 Å². The van der Waals surface area contributed by atoms with Gasteiger partial charge in [0.05, 0.1) is 10.5 Å². The van der Waals surface area contributed by atoms with E-state index in [1.165, 1.54) is 0 Å². The standard InChI is InChI=1S/C14H13ClN2/c1-16-8-3-2-4-11-5-6-14-12(10-11)13(15)7-9-17-14/h5-7,9-10,16H,3,8H2,1H3. The largest absolute Gasteiger partial charge is 0.319 e. The van der Waals surface area contributed by atoms with Crippen molar-refractivity contribution in [3.05, 3.63) is 41.0 Å². The second-order valence-corrected chi connectivity index (χ2v) is 4.09. The van der Waals surface area contributed by atoms with Gasteiger partial charge in [0.2, 0.25) is 0 Å². The fourth-order valence-corrected chi connectivity index (χ4v) is 1.75. The van der Waals surface area contributed by atoms with Crippen molar-refractivity contribution >= 4 is 22.5 Å². The van der Waals surface area contributed by atoms with Crippen LogP contribution >= 0.6 is 11.6 Å². The minimum Gasteiger partial charge on any atom is -0.319 e. The number of halogens is 1. The molecule has 0 spiro atoms. The molecule has 0 fully saturated rings. The monoisotopic (exact) mass is 244 g/mol. The molecular weight excluding hydrogens is 232 g/mol. The van der Waals surface area contributed by atoms with Crippen molar-refractivity contribution in [2.75, 3.05) is 13.6 Å². The summed E-state index contributed by atoms with van der Waals surface area (Å²) in [6.07, 6.45) is 2.55. The lowest BCUT2D eigenvalue weighted by Crippen LogP contribution is -2.05. The molecule has 1 heterocycles. The Hall–Kier alpha value is -1.56. The highest BCUT2D eigenvalue weighted by molar-refractivity contribution is 6.35. The third-order valence-electron chi connectivity index (χ3n) is 2.42. The van der Waals surface area contributed by atoms with Gasteiger partial charge in [-0.05, 0) is 31.3 Å². The summed E-state index contributed by atoms with van der Waals surface area (Å²) in [5, 5.41) is 4.73. The molecule has 2 aromatic rings. The number of nitrogens with one attached hydrogen (secondary N) is 1. The third kappa shape index (κ3) is 2.97. The van der Waals surface area contributed by atoms with E-state index in [1.807, 2.05) is 25.2 Å². The zero-order valence-electron chi connectivity index (χ0n) is 9.63. The second kappa shape index (κ2) is 5.67. The molecular formula is C14H13ClN2. The Morgan fingerprint density at radius 3 is 3.06 bits per heavy atom. The average molecular weight is 245 g/mol. The molecule has 2 rings (SSSR count). The molecule has 0 aliphatic rings. The molecule has 1 aromatic heterocycles. The maximum Gasteiger partial charge on any atom is 0.0717 e. The van der Waals surface area contributed by atoms with Crippen molar-refractivity contribution in [2.45, 2.75) is 6.42 Å². The topological polar surface area (TPSA) is 24.9 Å². The zero-order valence-corrected chi connectivity index (χ0v) is 10.4. The quantitative estimate of drug-likeness (QED) is 0.649. The van der Waals surface area contributed by atoms with Crippen LogP contribution in [0.2, 0.25) is 5.02 Å². The van der Waals surface area contributed by atoms with Gasteiger partial charge in [-0.2, -0.15) is 0 Å². The van der Waals surface area contributed by atoms with Gasteiger partial charge in [0, 0.05) is 30.1 Å². The van der Waals surface area contributed by atoms with Gasteiger partial charge >= 0.3 is 0 Å². The smallest absolute Gasteiger partial charge is 0.0717 e. The predicted octanol–water partition coefficient (Wildman–Crippen LogP) is 2.85. The van der Waals surface area contributed by atoms with E-state index in [-0.39, 0.29) is 0 Å². The number of hydrogen-bond donors (Lipinski definition) is 1. The summed E-state index contributed by atoms with van der Waals surface area (Å²) in [5.74, 6) is 6.23. The van der Waals surface area contributed by atoms with Crippen LogP contribution in [0.4, 0.5) is 0 Å². The highest BCUT2D eigenvalue weighted by Gasteiger charge is 1.99. The predicted molar refractivity (Wildman–Crippen MR) is 72.2 cm³/mol. The summed E-state index contributed by atoms with van der Waals surface area (Å²) < 4.78 is 0. The summed E-state index contributed by atoms with van der Waals surface area (Å²) in [4.78, 5) is 4.25. The van der Waals surface area contributed by atoms with Crippen LogP contribution in [0.25, 0.3) is 10.9 Å². The summed E-state index contributed by atoms with van der Waals surface area (Å²) in [6, 6.07) is 7.69. The molecule has 17 heavy (non-hydrogen) atoms. The van der Waals surface area contributed by atoms with Crippen LogP contribution in [0.3, 0.4) is 0 Å². The fourth-order valence-electron chi connectivity index (χ4n) is 1.54. The molecule has 0 unspecified atom stereocenters.